The van der Waals surface area contributed by atoms with Crippen LogP contribution in [-0.4, -0.2) is 24.5 Å². The van der Waals surface area contributed by atoms with Gasteiger partial charge in [0.05, 0.1) is 7.11 Å². The van der Waals surface area contributed by atoms with Gasteiger partial charge in [-0.15, -0.1) is 0 Å². The summed E-state index contributed by atoms with van der Waals surface area (Å²) >= 11 is 0. The van der Waals surface area contributed by atoms with Gasteiger partial charge in [0.2, 0.25) is 5.91 Å². The van der Waals surface area contributed by atoms with Crippen LogP contribution in [0.5, 0.6) is 5.75 Å². The Bertz CT molecular complexity index is 847. The highest BCUT2D eigenvalue weighted by Crippen LogP contribution is 2.17. The monoisotopic (exact) mass is 320 g/mol. The molecule has 0 spiro atoms. The molecule has 0 fully saturated rings. The first-order valence-electron chi connectivity index (χ1n) is 7.91. The van der Waals surface area contributed by atoms with Gasteiger partial charge in [-0.2, -0.15) is 0 Å². The van der Waals surface area contributed by atoms with Crippen molar-refractivity contribution in [2.75, 3.05) is 13.7 Å². The number of carbonyl (C=O) groups is 1. The molecule has 1 amide bonds. The van der Waals surface area contributed by atoms with E-state index in [-0.39, 0.29) is 5.91 Å². The molecule has 0 unspecified atom stereocenters. The van der Waals surface area contributed by atoms with Crippen molar-refractivity contribution in [3.8, 4) is 5.75 Å². The molecule has 0 radical (unpaired) electrons. The molecule has 2 N–H and O–H groups in total. The number of amides is 1. The van der Waals surface area contributed by atoms with Crippen molar-refractivity contribution in [1.29, 1.82) is 0 Å². The van der Waals surface area contributed by atoms with E-state index in [4.69, 9.17) is 4.74 Å². The van der Waals surface area contributed by atoms with Gasteiger partial charge >= 0.3 is 0 Å². The zero-order valence-corrected chi connectivity index (χ0v) is 13.6. The average molecular weight is 320 g/mol. The Labute approximate surface area is 141 Å². The number of aromatic nitrogens is 1. The first-order valence-corrected chi connectivity index (χ1v) is 7.91. The molecule has 0 saturated heterocycles. The number of H-pyrrole nitrogens is 1. The Balaban J connectivity index is 1.51. The lowest BCUT2D eigenvalue weighted by Crippen LogP contribution is -2.23. The summed E-state index contributed by atoms with van der Waals surface area (Å²) in [6, 6.07) is 15.7. The van der Waals surface area contributed by atoms with Crippen LogP contribution in [0.15, 0.2) is 60.8 Å². The summed E-state index contributed by atoms with van der Waals surface area (Å²) in [6.45, 7) is 0.605. The minimum Gasteiger partial charge on any atom is -0.497 e. The number of fused-ring (bicyclic) bond motifs is 1. The number of rotatable bonds is 6. The van der Waals surface area contributed by atoms with Crippen LogP contribution in [0, 0.1) is 0 Å². The van der Waals surface area contributed by atoms with Crippen LogP contribution in [0.1, 0.15) is 11.1 Å². The number of ether oxygens (including phenoxy) is 1. The number of aromatic amines is 1. The van der Waals surface area contributed by atoms with E-state index in [0.717, 1.165) is 23.3 Å². The van der Waals surface area contributed by atoms with Crippen molar-refractivity contribution >= 4 is 22.9 Å². The van der Waals surface area contributed by atoms with Gasteiger partial charge in [0, 0.05) is 29.7 Å². The van der Waals surface area contributed by atoms with Gasteiger partial charge in [-0.25, -0.2) is 0 Å². The molecule has 0 saturated carbocycles. The molecule has 0 aliphatic rings. The number of nitrogens with one attached hydrogen (secondary N) is 2. The van der Waals surface area contributed by atoms with E-state index < -0.39 is 0 Å². The van der Waals surface area contributed by atoms with Gasteiger partial charge in [-0.05, 0) is 41.8 Å². The SMILES string of the molecule is COc1ccc(C=CC(=O)NCCc2c[nH]c3ccccc23)cc1. The third-order valence-corrected chi connectivity index (χ3v) is 3.91. The Morgan fingerprint density at radius 1 is 1.17 bits per heavy atom. The van der Waals surface area contributed by atoms with Crippen molar-refractivity contribution in [1.82, 2.24) is 10.3 Å². The molecular weight excluding hydrogens is 300 g/mol. The van der Waals surface area contributed by atoms with Gasteiger partial charge in [0.25, 0.3) is 0 Å². The Hall–Kier alpha value is -3.01. The molecule has 1 aromatic heterocycles. The molecule has 0 bridgehead atoms. The normalized spacial score (nSPS) is 11.0. The molecule has 1 heterocycles. The highest BCUT2D eigenvalue weighted by molar-refractivity contribution is 5.91. The Morgan fingerprint density at radius 3 is 2.75 bits per heavy atom. The second kappa shape index (κ2) is 7.51. The van der Waals surface area contributed by atoms with Crippen LogP contribution in [-0.2, 0) is 11.2 Å². The third kappa shape index (κ3) is 3.84. The standard InChI is InChI=1S/C20H20N2O2/c1-24-17-9-6-15(7-10-17)8-11-20(23)21-13-12-16-14-22-19-5-3-2-4-18(16)19/h2-11,14,22H,12-13H2,1H3,(H,21,23). The molecule has 122 valence electrons. The van der Waals surface area contributed by atoms with E-state index in [1.807, 2.05) is 42.6 Å². The van der Waals surface area contributed by atoms with E-state index in [1.54, 1.807) is 19.3 Å². The lowest BCUT2D eigenvalue weighted by Gasteiger charge is -2.02. The number of benzene rings is 2. The highest BCUT2D eigenvalue weighted by Gasteiger charge is 2.03. The first kappa shape index (κ1) is 15.9. The second-order valence-electron chi connectivity index (χ2n) is 5.51. The highest BCUT2D eigenvalue weighted by atomic mass is 16.5. The zero-order chi connectivity index (χ0) is 16.8. The molecule has 3 aromatic rings. The summed E-state index contributed by atoms with van der Waals surface area (Å²) in [5, 5.41) is 4.12. The lowest BCUT2D eigenvalue weighted by atomic mass is 10.1. The maximum atomic E-state index is 11.9. The van der Waals surface area contributed by atoms with Crippen molar-refractivity contribution in [2.24, 2.45) is 0 Å². The molecule has 0 aliphatic carbocycles. The van der Waals surface area contributed by atoms with Crippen LogP contribution in [0.2, 0.25) is 0 Å². The van der Waals surface area contributed by atoms with E-state index in [1.165, 1.54) is 10.9 Å². The summed E-state index contributed by atoms with van der Waals surface area (Å²) in [6.07, 6.45) is 6.15. The van der Waals surface area contributed by atoms with Crippen molar-refractivity contribution in [3.05, 3.63) is 71.9 Å². The third-order valence-electron chi connectivity index (χ3n) is 3.91. The van der Waals surface area contributed by atoms with Gasteiger partial charge in [-0.1, -0.05) is 30.3 Å². The van der Waals surface area contributed by atoms with Crippen molar-refractivity contribution < 1.29 is 9.53 Å². The minimum atomic E-state index is -0.0920. The molecule has 24 heavy (non-hydrogen) atoms. The molecule has 0 atom stereocenters. The smallest absolute Gasteiger partial charge is 0.244 e. The molecule has 4 nitrogen and oxygen atoms in total. The number of hydrogen-bond donors (Lipinski definition) is 2. The summed E-state index contributed by atoms with van der Waals surface area (Å²) < 4.78 is 5.11. The lowest BCUT2D eigenvalue weighted by molar-refractivity contribution is -0.116. The van der Waals surface area contributed by atoms with Crippen LogP contribution in [0.3, 0.4) is 0 Å². The number of hydrogen-bond acceptors (Lipinski definition) is 2. The average Bonchev–Trinajstić information content (AvgIpc) is 3.04. The second-order valence-corrected chi connectivity index (χ2v) is 5.51. The molecule has 0 aliphatic heterocycles. The van der Waals surface area contributed by atoms with Gasteiger partial charge < -0.3 is 15.0 Å². The predicted molar refractivity (Wildman–Crippen MR) is 97.0 cm³/mol. The largest absolute Gasteiger partial charge is 0.497 e. The van der Waals surface area contributed by atoms with Crippen molar-refractivity contribution in [2.45, 2.75) is 6.42 Å². The maximum absolute atomic E-state index is 11.9. The number of carbonyl (C=O) groups excluding carboxylic acids is 1. The Kier molecular flexibility index (Phi) is 4.96. The molecule has 2 aromatic carbocycles. The quantitative estimate of drug-likeness (QED) is 0.683. The van der Waals surface area contributed by atoms with Crippen LogP contribution in [0.25, 0.3) is 17.0 Å². The van der Waals surface area contributed by atoms with Crippen LogP contribution in [0.4, 0.5) is 0 Å². The van der Waals surface area contributed by atoms with Gasteiger partial charge in [0.15, 0.2) is 0 Å². The van der Waals surface area contributed by atoms with E-state index in [0.29, 0.717) is 6.54 Å². The van der Waals surface area contributed by atoms with Gasteiger partial charge in [-0.3, -0.25) is 4.79 Å². The first-order chi connectivity index (χ1) is 11.8. The fourth-order valence-corrected chi connectivity index (χ4v) is 2.60. The van der Waals surface area contributed by atoms with E-state index in [2.05, 4.69) is 22.4 Å². The zero-order valence-electron chi connectivity index (χ0n) is 13.6. The molecule has 4 heteroatoms. The summed E-state index contributed by atoms with van der Waals surface area (Å²) in [5.74, 6) is 0.709. The minimum absolute atomic E-state index is 0.0920. The Morgan fingerprint density at radius 2 is 1.96 bits per heavy atom. The topological polar surface area (TPSA) is 54.1 Å². The predicted octanol–water partition coefficient (Wildman–Crippen LogP) is 3.55. The van der Waals surface area contributed by atoms with Crippen LogP contribution < -0.4 is 10.1 Å². The van der Waals surface area contributed by atoms with Gasteiger partial charge in [0.1, 0.15) is 5.75 Å². The number of para-hydroxylation sites is 1. The fraction of sp³-hybridized carbons (Fsp3) is 0.150. The van der Waals surface area contributed by atoms with E-state index in [9.17, 15) is 4.79 Å². The van der Waals surface area contributed by atoms with Crippen LogP contribution >= 0.6 is 0 Å². The van der Waals surface area contributed by atoms with E-state index >= 15 is 0 Å². The maximum Gasteiger partial charge on any atom is 0.244 e. The molecular formula is C20H20N2O2. The van der Waals surface area contributed by atoms with Crippen molar-refractivity contribution in [3.63, 3.8) is 0 Å². The summed E-state index contributed by atoms with van der Waals surface area (Å²) in [5.41, 5.74) is 3.30. The molecule has 3 rings (SSSR count). The summed E-state index contributed by atoms with van der Waals surface area (Å²) in [7, 11) is 1.63. The fourth-order valence-electron chi connectivity index (χ4n) is 2.60. The number of methoxy groups -OCH3 is 1. The summed E-state index contributed by atoms with van der Waals surface area (Å²) in [4.78, 5) is 15.1.